The Kier molecular flexibility index (Phi) is 5.87. The van der Waals surface area contributed by atoms with Crippen LogP contribution >= 0.6 is 0 Å². The van der Waals surface area contributed by atoms with Crippen LogP contribution in [0.15, 0.2) is 18.2 Å². The third-order valence-electron chi connectivity index (χ3n) is 4.15. The summed E-state index contributed by atoms with van der Waals surface area (Å²) in [6.07, 6.45) is 0.633. The summed E-state index contributed by atoms with van der Waals surface area (Å²) in [5.41, 5.74) is 9.05. The minimum Gasteiger partial charge on any atom is -0.480 e. The Labute approximate surface area is 139 Å². The molecule has 0 spiro atoms. The van der Waals surface area contributed by atoms with Crippen molar-refractivity contribution < 1.29 is 23.9 Å². The maximum atomic E-state index is 14.0. The molecule has 0 radical (unpaired) electrons. The lowest BCUT2D eigenvalue weighted by Crippen LogP contribution is -2.42. The number of carboxylic acids is 1. The fraction of sp³-hybridized carbons (Fsp3) is 0.500. The number of carbonyl (C=O) groups is 2. The molecule has 1 fully saturated rings. The van der Waals surface area contributed by atoms with Gasteiger partial charge in [-0.3, -0.25) is 14.4 Å². The molecule has 5 N–H and O–H groups in total. The van der Waals surface area contributed by atoms with Crippen molar-refractivity contribution in [1.82, 2.24) is 10.8 Å². The third-order valence-corrected chi connectivity index (χ3v) is 4.15. The van der Waals surface area contributed by atoms with Crippen molar-refractivity contribution in [2.45, 2.75) is 44.4 Å². The van der Waals surface area contributed by atoms with Gasteiger partial charge in [-0.1, -0.05) is 6.92 Å². The lowest BCUT2D eigenvalue weighted by molar-refractivity contribution is -0.138. The molecule has 2 rings (SSSR count). The average Bonchev–Trinajstić information content (AvgIpc) is 2.92. The molecule has 24 heavy (non-hydrogen) atoms. The second kappa shape index (κ2) is 7.69. The molecule has 1 heterocycles. The Balaban J connectivity index is 2.19. The summed E-state index contributed by atoms with van der Waals surface area (Å²) in [5, 5.41) is 11.1. The van der Waals surface area contributed by atoms with Gasteiger partial charge in [-0.05, 0) is 37.1 Å². The zero-order valence-electron chi connectivity index (χ0n) is 13.6. The van der Waals surface area contributed by atoms with Crippen molar-refractivity contribution in [2.24, 2.45) is 5.73 Å². The summed E-state index contributed by atoms with van der Waals surface area (Å²) in [5.74, 6) is -2.41. The molecule has 1 aliphatic rings. The molecule has 0 aromatic heterocycles. The topological polar surface area (TPSA) is 114 Å². The second-order valence-corrected chi connectivity index (χ2v) is 5.91. The van der Waals surface area contributed by atoms with E-state index in [1.54, 1.807) is 6.07 Å². The van der Waals surface area contributed by atoms with Gasteiger partial charge in [0.25, 0.3) is 5.91 Å². The molecule has 132 valence electrons. The van der Waals surface area contributed by atoms with Gasteiger partial charge in [0.2, 0.25) is 0 Å². The first kappa shape index (κ1) is 18.3. The number of carbonyl (C=O) groups excluding carboxylic acids is 1. The Morgan fingerprint density at radius 2 is 2.17 bits per heavy atom. The van der Waals surface area contributed by atoms with E-state index in [1.807, 2.05) is 13.8 Å². The first-order valence-electron chi connectivity index (χ1n) is 7.81. The van der Waals surface area contributed by atoms with Crippen LogP contribution in [0.3, 0.4) is 0 Å². The highest BCUT2D eigenvalue weighted by molar-refractivity contribution is 5.94. The highest BCUT2D eigenvalue weighted by Crippen LogP contribution is 2.32. The monoisotopic (exact) mass is 339 g/mol. The first-order valence-corrected chi connectivity index (χ1v) is 7.81. The lowest BCUT2D eigenvalue weighted by Gasteiger charge is -2.20. The molecule has 3 unspecified atom stereocenters. The van der Waals surface area contributed by atoms with Gasteiger partial charge < -0.3 is 16.2 Å². The molecule has 7 nitrogen and oxygen atoms in total. The Morgan fingerprint density at radius 1 is 1.46 bits per heavy atom. The van der Waals surface area contributed by atoms with Crippen LogP contribution in [0.5, 0.6) is 0 Å². The molecule has 8 heteroatoms. The van der Waals surface area contributed by atoms with E-state index in [1.165, 1.54) is 6.07 Å². The molecule has 1 amide bonds. The summed E-state index contributed by atoms with van der Waals surface area (Å²) in [7, 11) is 0. The summed E-state index contributed by atoms with van der Waals surface area (Å²) >= 11 is 0. The third kappa shape index (κ3) is 4.08. The standard InChI is InChI=1S/C16H22FN3O4/c1-3-13-14(8(2)24-20-13)9-4-10(6-11(17)5-9)15(21)19-7-12(18)16(22)23/h4-6,8,12-14,20H,3,7,18H2,1-2H3,(H,19,21)(H,22,23)/t8?,12-,13?,14?/m1/s1. The maximum Gasteiger partial charge on any atom is 0.322 e. The molecular formula is C16H22FN3O4. The highest BCUT2D eigenvalue weighted by Gasteiger charge is 2.35. The van der Waals surface area contributed by atoms with Crippen molar-refractivity contribution in [2.75, 3.05) is 6.54 Å². The fourth-order valence-electron chi connectivity index (χ4n) is 2.84. The predicted octanol–water partition coefficient (Wildman–Crippen LogP) is 0.753. The molecule has 1 aromatic rings. The van der Waals surface area contributed by atoms with Gasteiger partial charge in [0.05, 0.1) is 6.10 Å². The average molecular weight is 339 g/mol. The smallest absolute Gasteiger partial charge is 0.322 e. The van der Waals surface area contributed by atoms with Crippen LogP contribution in [0.2, 0.25) is 0 Å². The van der Waals surface area contributed by atoms with E-state index in [4.69, 9.17) is 15.7 Å². The number of halogens is 1. The van der Waals surface area contributed by atoms with Crippen LogP contribution in [0, 0.1) is 5.82 Å². The second-order valence-electron chi connectivity index (χ2n) is 5.91. The number of rotatable bonds is 6. The molecule has 0 saturated carbocycles. The van der Waals surface area contributed by atoms with Crippen LogP contribution in [0.25, 0.3) is 0 Å². The van der Waals surface area contributed by atoms with E-state index in [0.29, 0.717) is 5.56 Å². The van der Waals surface area contributed by atoms with E-state index in [2.05, 4.69) is 10.8 Å². The zero-order valence-corrected chi connectivity index (χ0v) is 13.6. The van der Waals surface area contributed by atoms with E-state index < -0.39 is 23.7 Å². The minimum atomic E-state index is -1.22. The number of hydrogen-bond acceptors (Lipinski definition) is 5. The maximum absolute atomic E-state index is 14.0. The van der Waals surface area contributed by atoms with Crippen molar-refractivity contribution in [3.05, 3.63) is 35.1 Å². The number of carboxylic acid groups (broad SMARTS) is 1. The van der Waals surface area contributed by atoms with E-state index in [0.717, 1.165) is 12.5 Å². The van der Waals surface area contributed by atoms with E-state index in [9.17, 15) is 14.0 Å². The number of hydroxylamine groups is 1. The van der Waals surface area contributed by atoms with E-state index >= 15 is 0 Å². The van der Waals surface area contributed by atoms with Crippen LogP contribution in [-0.4, -0.2) is 41.7 Å². The Bertz CT molecular complexity index is 625. The van der Waals surface area contributed by atoms with Crippen molar-refractivity contribution >= 4 is 11.9 Å². The SMILES string of the molecule is CCC1NOC(C)C1c1cc(F)cc(C(=O)NC[C@@H](N)C(=O)O)c1. The number of nitrogens with two attached hydrogens (primary N) is 1. The van der Waals surface area contributed by atoms with Gasteiger partial charge >= 0.3 is 5.97 Å². The van der Waals surface area contributed by atoms with Gasteiger partial charge in [0.15, 0.2) is 0 Å². The Hall–Kier alpha value is -2.03. The van der Waals surface area contributed by atoms with Crippen LogP contribution in [0.1, 0.15) is 42.1 Å². The number of amides is 1. The summed E-state index contributed by atoms with van der Waals surface area (Å²) in [6, 6.07) is 2.92. The number of nitrogens with one attached hydrogen (secondary N) is 2. The minimum absolute atomic E-state index is 0.0261. The zero-order chi connectivity index (χ0) is 17.9. The van der Waals surface area contributed by atoms with Crippen molar-refractivity contribution in [3.63, 3.8) is 0 Å². The quantitative estimate of drug-likeness (QED) is 0.608. The lowest BCUT2D eigenvalue weighted by atomic mass is 9.86. The van der Waals surface area contributed by atoms with Crippen molar-refractivity contribution in [1.29, 1.82) is 0 Å². The molecule has 0 bridgehead atoms. The van der Waals surface area contributed by atoms with Gasteiger partial charge in [0, 0.05) is 24.1 Å². The molecular weight excluding hydrogens is 317 g/mol. The van der Waals surface area contributed by atoms with Crippen LogP contribution in [-0.2, 0) is 9.63 Å². The summed E-state index contributed by atoms with van der Waals surface area (Å²) < 4.78 is 14.0. The Morgan fingerprint density at radius 3 is 2.79 bits per heavy atom. The summed E-state index contributed by atoms with van der Waals surface area (Å²) in [6.45, 7) is 3.64. The number of aliphatic carboxylic acids is 1. The highest BCUT2D eigenvalue weighted by atomic mass is 19.1. The predicted molar refractivity (Wildman–Crippen MR) is 84.8 cm³/mol. The number of benzene rings is 1. The van der Waals surface area contributed by atoms with Crippen LogP contribution < -0.4 is 16.5 Å². The van der Waals surface area contributed by atoms with E-state index in [-0.39, 0.29) is 30.2 Å². The molecule has 1 aromatic carbocycles. The summed E-state index contributed by atoms with van der Waals surface area (Å²) in [4.78, 5) is 28.2. The first-order chi connectivity index (χ1) is 11.3. The van der Waals surface area contributed by atoms with Crippen molar-refractivity contribution in [3.8, 4) is 0 Å². The van der Waals surface area contributed by atoms with Gasteiger partial charge in [-0.15, -0.1) is 0 Å². The van der Waals surface area contributed by atoms with Gasteiger partial charge in [0.1, 0.15) is 11.9 Å². The molecule has 1 aliphatic heterocycles. The molecule has 1 saturated heterocycles. The fourth-order valence-corrected chi connectivity index (χ4v) is 2.84. The normalized spacial score (nSPS) is 24.6. The molecule has 0 aliphatic carbocycles. The number of hydrogen-bond donors (Lipinski definition) is 4. The van der Waals surface area contributed by atoms with Gasteiger partial charge in [-0.2, -0.15) is 5.48 Å². The van der Waals surface area contributed by atoms with Gasteiger partial charge in [-0.25, -0.2) is 4.39 Å². The molecule has 4 atom stereocenters. The van der Waals surface area contributed by atoms with Crippen LogP contribution in [0.4, 0.5) is 4.39 Å². The largest absolute Gasteiger partial charge is 0.480 e.